The highest BCUT2D eigenvalue weighted by Gasteiger charge is 2.30. The fourth-order valence-corrected chi connectivity index (χ4v) is 3.43. The van der Waals surface area contributed by atoms with Gasteiger partial charge >= 0.3 is 0 Å². The number of aliphatic hydroxyl groups is 2. The molecule has 5 nitrogen and oxygen atoms in total. The average Bonchev–Trinajstić information content (AvgIpc) is 2.84. The first-order chi connectivity index (χ1) is 9.61. The number of hydrogen-bond acceptors (Lipinski definition) is 4. The van der Waals surface area contributed by atoms with E-state index in [1.807, 2.05) is 6.92 Å². The second-order valence-electron chi connectivity index (χ2n) is 6.13. The molecular formula is C15H28N2O3. The Morgan fingerprint density at radius 1 is 1.20 bits per heavy atom. The van der Waals surface area contributed by atoms with E-state index in [2.05, 4.69) is 4.90 Å². The van der Waals surface area contributed by atoms with Crippen molar-refractivity contribution in [3.05, 3.63) is 0 Å². The van der Waals surface area contributed by atoms with Crippen molar-refractivity contribution in [2.24, 2.45) is 0 Å². The summed E-state index contributed by atoms with van der Waals surface area (Å²) in [7, 11) is 0. The van der Waals surface area contributed by atoms with Crippen molar-refractivity contribution in [1.82, 2.24) is 9.80 Å². The van der Waals surface area contributed by atoms with Crippen LogP contribution in [0.25, 0.3) is 0 Å². The summed E-state index contributed by atoms with van der Waals surface area (Å²) in [6, 6.07) is 0.165. The summed E-state index contributed by atoms with van der Waals surface area (Å²) in [6.07, 6.45) is 4.74. The normalized spacial score (nSPS) is 27.9. The van der Waals surface area contributed by atoms with E-state index in [0.29, 0.717) is 19.5 Å². The van der Waals surface area contributed by atoms with Crippen LogP contribution in [0.2, 0.25) is 0 Å². The van der Waals surface area contributed by atoms with Crippen molar-refractivity contribution in [3.63, 3.8) is 0 Å². The molecule has 2 heterocycles. The van der Waals surface area contributed by atoms with Gasteiger partial charge in [-0.3, -0.25) is 9.69 Å². The maximum Gasteiger partial charge on any atom is 0.222 e. The topological polar surface area (TPSA) is 64.0 Å². The van der Waals surface area contributed by atoms with Crippen LogP contribution in [0.4, 0.5) is 0 Å². The van der Waals surface area contributed by atoms with Crippen molar-refractivity contribution >= 4 is 5.91 Å². The Morgan fingerprint density at radius 2 is 2.00 bits per heavy atom. The molecule has 0 spiro atoms. The number of hydrogen-bond donors (Lipinski definition) is 2. The largest absolute Gasteiger partial charge is 0.392 e. The van der Waals surface area contributed by atoms with E-state index < -0.39 is 6.10 Å². The molecule has 2 fully saturated rings. The molecule has 2 aliphatic rings. The van der Waals surface area contributed by atoms with Crippen molar-refractivity contribution in [2.75, 3.05) is 26.2 Å². The summed E-state index contributed by atoms with van der Waals surface area (Å²) >= 11 is 0. The Bertz CT molecular complexity index is 324. The number of likely N-dealkylation sites (tertiary alicyclic amines) is 2. The Morgan fingerprint density at radius 3 is 2.65 bits per heavy atom. The molecule has 0 aromatic carbocycles. The van der Waals surface area contributed by atoms with Crippen molar-refractivity contribution in [3.8, 4) is 0 Å². The van der Waals surface area contributed by atoms with Gasteiger partial charge < -0.3 is 15.1 Å². The number of aliphatic hydroxyl groups excluding tert-OH is 2. The van der Waals surface area contributed by atoms with Crippen molar-refractivity contribution in [1.29, 1.82) is 0 Å². The molecule has 0 unspecified atom stereocenters. The minimum absolute atomic E-state index is 0.160. The van der Waals surface area contributed by atoms with E-state index >= 15 is 0 Å². The Balaban J connectivity index is 1.84. The predicted octanol–water partition coefficient (Wildman–Crippen LogP) is 0.595. The third-order valence-electron chi connectivity index (χ3n) is 4.57. The van der Waals surface area contributed by atoms with Gasteiger partial charge in [0.15, 0.2) is 0 Å². The van der Waals surface area contributed by atoms with Crippen LogP contribution >= 0.6 is 0 Å². The molecule has 0 aliphatic carbocycles. The molecule has 0 aromatic heterocycles. The maximum atomic E-state index is 11.6. The van der Waals surface area contributed by atoms with Gasteiger partial charge in [-0.05, 0) is 32.2 Å². The fraction of sp³-hybridized carbons (Fsp3) is 0.933. The summed E-state index contributed by atoms with van der Waals surface area (Å²) in [5, 5.41) is 20.3. The molecule has 2 rings (SSSR count). The van der Waals surface area contributed by atoms with Crippen LogP contribution in [0.3, 0.4) is 0 Å². The van der Waals surface area contributed by atoms with E-state index in [4.69, 9.17) is 0 Å². The smallest absolute Gasteiger partial charge is 0.222 e. The third-order valence-corrected chi connectivity index (χ3v) is 4.57. The highest BCUT2D eigenvalue weighted by molar-refractivity contribution is 5.78. The maximum absolute atomic E-state index is 11.6. The lowest BCUT2D eigenvalue weighted by Crippen LogP contribution is -2.51. The lowest BCUT2D eigenvalue weighted by molar-refractivity contribution is -0.129. The number of carbonyl (C=O) groups is 1. The summed E-state index contributed by atoms with van der Waals surface area (Å²) in [5.41, 5.74) is 0. The van der Waals surface area contributed by atoms with Crippen molar-refractivity contribution < 1.29 is 15.0 Å². The third kappa shape index (κ3) is 3.93. The Hall–Kier alpha value is -0.650. The molecule has 116 valence electrons. The highest BCUT2D eigenvalue weighted by Crippen LogP contribution is 2.22. The van der Waals surface area contributed by atoms with Crippen LogP contribution in [0.15, 0.2) is 0 Å². The molecule has 1 amide bonds. The van der Waals surface area contributed by atoms with Gasteiger partial charge in [0.25, 0.3) is 0 Å². The second kappa shape index (κ2) is 7.38. The van der Waals surface area contributed by atoms with E-state index in [0.717, 1.165) is 45.2 Å². The van der Waals surface area contributed by atoms with Crippen LogP contribution in [0.1, 0.15) is 45.4 Å². The molecule has 5 heteroatoms. The number of nitrogens with zero attached hydrogens (tertiary/aromatic N) is 2. The second-order valence-corrected chi connectivity index (χ2v) is 6.13. The van der Waals surface area contributed by atoms with E-state index in [9.17, 15) is 15.0 Å². The zero-order valence-electron chi connectivity index (χ0n) is 12.5. The first-order valence-electron chi connectivity index (χ1n) is 7.99. The molecule has 0 bridgehead atoms. The van der Waals surface area contributed by atoms with Crippen LogP contribution in [-0.4, -0.2) is 70.3 Å². The number of amides is 1. The van der Waals surface area contributed by atoms with Crippen LogP contribution in [0, 0.1) is 0 Å². The van der Waals surface area contributed by atoms with Crippen LogP contribution < -0.4 is 0 Å². The molecule has 0 saturated carbocycles. The van der Waals surface area contributed by atoms with Gasteiger partial charge in [-0.25, -0.2) is 0 Å². The van der Waals surface area contributed by atoms with Crippen LogP contribution in [-0.2, 0) is 4.79 Å². The van der Waals surface area contributed by atoms with Gasteiger partial charge in [-0.1, -0.05) is 13.3 Å². The molecule has 20 heavy (non-hydrogen) atoms. The summed E-state index contributed by atoms with van der Waals surface area (Å²) < 4.78 is 0. The molecule has 0 aromatic rings. The minimum Gasteiger partial charge on any atom is -0.392 e. The van der Waals surface area contributed by atoms with E-state index in [1.54, 1.807) is 4.90 Å². The predicted molar refractivity (Wildman–Crippen MR) is 77.3 cm³/mol. The van der Waals surface area contributed by atoms with E-state index in [-0.39, 0.29) is 18.1 Å². The highest BCUT2D eigenvalue weighted by atomic mass is 16.3. The monoisotopic (exact) mass is 284 g/mol. The zero-order chi connectivity index (χ0) is 14.5. The van der Waals surface area contributed by atoms with Gasteiger partial charge in [-0.15, -0.1) is 0 Å². The van der Waals surface area contributed by atoms with Gasteiger partial charge in [0.2, 0.25) is 5.91 Å². The standard InChI is InChI=1S/C15H28N2O3/c1-2-14(19)13-6-3-4-8-16(13)10-12(18)11-17-9-5-7-15(17)20/h12-14,18-19H,2-11H2,1H3/t12-,13+,14-/m1/s1. The molecule has 2 saturated heterocycles. The minimum atomic E-state index is -0.512. The molecular weight excluding hydrogens is 256 g/mol. The lowest BCUT2D eigenvalue weighted by Gasteiger charge is -2.39. The molecule has 0 radical (unpaired) electrons. The van der Waals surface area contributed by atoms with E-state index in [1.165, 1.54) is 0 Å². The molecule has 2 N–H and O–H groups in total. The zero-order valence-corrected chi connectivity index (χ0v) is 12.5. The number of rotatable bonds is 6. The molecule has 2 aliphatic heterocycles. The average molecular weight is 284 g/mol. The summed E-state index contributed by atoms with van der Waals surface area (Å²) in [5.74, 6) is 0.160. The number of piperidine rings is 1. The summed E-state index contributed by atoms with van der Waals surface area (Å²) in [6.45, 7) is 4.70. The SMILES string of the molecule is CC[C@@H](O)[C@@H]1CCCCN1C[C@@H](O)CN1CCCC1=O. The van der Waals surface area contributed by atoms with Gasteiger partial charge in [-0.2, -0.15) is 0 Å². The molecule has 3 atom stereocenters. The lowest BCUT2D eigenvalue weighted by atomic mass is 9.95. The van der Waals surface area contributed by atoms with Gasteiger partial charge in [0.1, 0.15) is 0 Å². The summed E-state index contributed by atoms with van der Waals surface area (Å²) in [4.78, 5) is 15.6. The van der Waals surface area contributed by atoms with Crippen LogP contribution in [0.5, 0.6) is 0 Å². The Labute approximate surface area is 121 Å². The van der Waals surface area contributed by atoms with Gasteiger partial charge in [0, 0.05) is 32.1 Å². The number of β-amino-alcohol motifs (C(OH)–C–C–N with tert-alkyl or cyclic N) is 1. The first kappa shape index (κ1) is 15.7. The number of carbonyl (C=O) groups excluding carboxylic acids is 1. The quantitative estimate of drug-likeness (QED) is 0.749. The van der Waals surface area contributed by atoms with Crippen molar-refractivity contribution in [2.45, 2.75) is 63.7 Å². The van der Waals surface area contributed by atoms with Gasteiger partial charge in [0.05, 0.1) is 12.2 Å². The Kier molecular flexibility index (Phi) is 5.81. The fourth-order valence-electron chi connectivity index (χ4n) is 3.43. The first-order valence-corrected chi connectivity index (χ1v) is 7.99.